The fraction of sp³-hybridized carbons (Fsp3) is 0.0833. The van der Waals surface area contributed by atoms with Crippen LogP contribution in [0.2, 0.25) is 10.0 Å². The summed E-state index contributed by atoms with van der Waals surface area (Å²) in [5, 5.41) is 22.6. The molecule has 0 atom stereocenters. The Morgan fingerprint density at radius 2 is 1.79 bits per heavy atom. The molecule has 0 bridgehead atoms. The molecule has 0 aliphatic carbocycles. The number of ether oxygens (including phenoxy) is 2. The Morgan fingerprint density at radius 1 is 1.12 bits per heavy atom. The average molecular weight is 498 g/mol. The fourth-order valence-electron chi connectivity index (χ4n) is 2.91. The average Bonchev–Trinajstić information content (AvgIpc) is 2.83. The molecule has 1 N–H and O–H groups in total. The molecule has 0 saturated heterocycles. The molecule has 0 fully saturated rings. The van der Waals surface area contributed by atoms with Crippen LogP contribution in [0.5, 0.6) is 11.5 Å². The van der Waals surface area contributed by atoms with Gasteiger partial charge in [0.15, 0.2) is 11.5 Å². The van der Waals surface area contributed by atoms with Gasteiger partial charge >= 0.3 is 0 Å². The number of hydrogen-bond acceptors (Lipinski definition) is 6. The molecule has 0 aliphatic heterocycles. The molecule has 0 radical (unpaired) electrons. The standard InChI is InChI=1S/C24H17Cl2N3O5/c1-33-21-8-7-16(10-22(21)34-14-15-5-3-2-4-6-15)9-17(13-27)24(30)28-23-19(25)11-18(29(31)32)12-20(23)26/h2-12H,14H2,1H3,(H,28,30)/b17-9+. The van der Waals surface area contributed by atoms with Crippen LogP contribution in [0, 0.1) is 21.4 Å². The van der Waals surface area contributed by atoms with E-state index in [1.54, 1.807) is 18.2 Å². The molecule has 8 nitrogen and oxygen atoms in total. The minimum atomic E-state index is -0.789. The molecule has 34 heavy (non-hydrogen) atoms. The van der Waals surface area contributed by atoms with Crippen LogP contribution in [0.15, 0.2) is 66.2 Å². The third-order valence-electron chi connectivity index (χ3n) is 4.58. The van der Waals surface area contributed by atoms with Gasteiger partial charge in [-0.15, -0.1) is 0 Å². The van der Waals surface area contributed by atoms with Crippen molar-refractivity contribution in [2.45, 2.75) is 6.61 Å². The lowest BCUT2D eigenvalue weighted by Crippen LogP contribution is -2.14. The van der Waals surface area contributed by atoms with Crippen molar-refractivity contribution in [1.29, 1.82) is 5.26 Å². The molecule has 1 amide bonds. The first-order chi connectivity index (χ1) is 16.3. The number of non-ortho nitro benzene ring substituents is 1. The SMILES string of the molecule is COc1ccc(/C=C(\C#N)C(=O)Nc2c(Cl)cc([N+](=O)[O-])cc2Cl)cc1OCc1ccccc1. The third-order valence-corrected chi connectivity index (χ3v) is 5.17. The van der Waals surface area contributed by atoms with Gasteiger partial charge in [0, 0.05) is 12.1 Å². The molecule has 172 valence electrons. The number of anilines is 1. The summed E-state index contributed by atoms with van der Waals surface area (Å²) < 4.78 is 11.2. The smallest absolute Gasteiger partial charge is 0.272 e. The minimum Gasteiger partial charge on any atom is -0.493 e. The molecule has 0 saturated carbocycles. The van der Waals surface area contributed by atoms with Crippen LogP contribution in [0.1, 0.15) is 11.1 Å². The Kier molecular flexibility index (Phi) is 8.09. The number of rotatable bonds is 8. The Bertz CT molecular complexity index is 1280. The zero-order chi connectivity index (χ0) is 24.7. The third kappa shape index (κ3) is 6.04. The van der Waals surface area contributed by atoms with E-state index >= 15 is 0 Å². The number of nitro groups is 1. The number of carbonyl (C=O) groups is 1. The highest BCUT2D eigenvalue weighted by Gasteiger charge is 2.18. The molecule has 0 aliphatic rings. The van der Waals surface area contributed by atoms with Crippen LogP contribution in [0.25, 0.3) is 6.08 Å². The summed E-state index contributed by atoms with van der Waals surface area (Å²) in [6.45, 7) is 0.299. The maximum Gasteiger partial charge on any atom is 0.272 e. The van der Waals surface area contributed by atoms with E-state index in [1.165, 1.54) is 13.2 Å². The summed E-state index contributed by atoms with van der Waals surface area (Å²) in [4.78, 5) is 22.9. The summed E-state index contributed by atoms with van der Waals surface area (Å²) in [5.74, 6) is 0.127. The van der Waals surface area contributed by atoms with E-state index in [4.69, 9.17) is 32.7 Å². The van der Waals surface area contributed by atoms with Crippen molar-refractivity contribution < 1.29 is 19.2 Å². The van der Waals surface area contributed by atoms with Crippen LogP contribution in [0.3, 0.4) is 0 Å². The predicted molar refractivity (Wildman–Crippen MR) is 129 cm³/mol. The van der Waals surface area contributed by atoms with Gasteiger partial charge in [0.2, 0.25) is 0 Å². The van der Waals surface area contributed by atoms with E-state index in [1.807, 2.05) is 36.4 Å². The number of hydrogen-bond donors (Lipinski definition) is 1. The van der Waals surface area contributed by atoms with Gasteiger partial charge in [-0.25, -0.2) is 0 Å². The fourth-order valence-corrected chi connectivity index (χ4v) is 3.48. The first-order valence-corrected chi connectivity index (χ1v) is 10.5. The monoisotopic (exact) mass is 497 g/mol. The van der Waals surface area contributed by atoms with Gasteiger partial charge in [0.05, 0.1) is 27.8 Å². The summed E-state index contributed by atoms with van der Waals surface area (Å²) in [6, 6.07) is 18.4. The Morgan fingerprint density at radius 3 is 2.38 bits per heavy atom. The normalized spacial score (nSPS) is 10.8. The van der Waals surface area contributed by atoms with Crippen LogP contribution in [0.4, 0.5) is 11.4 Å². The molecule has 0 heterocycles. The molecule has 0 unspecified atom stereocenters. The van der Waals surface area contributed by atoms with Gasteiger partial charge in [-0.2, -0.15) is 5.26 Å². The van der Waals surface area contributed by atoms with Crippen molar-refractivity contribution in [3.63, 3.8) is 0 Å². The van der Waals surface area contributed by atoms with E-state index in [9.17, 15) is 20.2 Å². The van der Waals surface area contributed by atoms with E-state index in [2.05, 4.69) is 5.32 Å². The van der Waals surface area contributed by atoms with Crippen LogP contribution >= 0.6 is 23.2 Å². The minimum absolute atomic E-state index is 0.0401. The van der Waals surface area contributed by atoms with Crippen molar-refractivity contribution >= 4 is 46.6 Å². The first-order valence-electron chi connectivity index (χ1n) is 9.73. The number of benzene rings is 3. The molecule has 3 aromatic rings. The van der Waals surface area contributed by atoms with Crippen LogP contribution in [-0.4, -0.2) is 17.9 Å². The number of nitriles is 1. The van der Waals surface area contributed by atoms with E-state index in [-0.39, 0.29) is 27.0 Å². The van der Waals surface area contributed by atoms with Gasteiger partial charge in [0.1, 0.15) is 18.2 Å². The van der Waals surface area contributed by atoms with Crippen molar-refractivity contribution in [3.8, 4) is 17.6 Å². The largest absolute Gasteiger partial charge is 0.493 e. The summed E-state index contributed by atoms with van der Waals surface area (Å²) in [7, 11) is 1.51. The van der Waals surface area contributed by atoms with Crippen LogP contribution in [-0.2, 0) is 11.4 Å². The first kappa shape index (κ1) is 24.6. The van der Waals surface area contributed by atoms with Gasteiger partial charge in [-0.05, 0) is 29.3 Å². The second-order valence-corrected chi connectivity index (χ2v) is 7.66. The molecule has 10 heteroatoms. The lowest BCUT2D eigenvalue weighted by Gasteiger charge is -2.12. The number of nitrogens with zero attached hydrogens (tertiary/aromatic N) is 2. The van der Waals surface area contributed by atoms with Crippen molar-refractivity contribution in [3.05, 3.63) is 97.5 Å². The highest BCUT2D eigenvalue weighted by molar-refractivity contribution is 6.40. The molecule has 3 rings (SSSR count). The Hall–Kier alpha value is -4.06. The molecule has 0 aromatic heterocycles. The second-order valence-electron chi connectivity index (χ2n) is 6.85. The van der Waals surface area contributed by atoms with E-state index in [0.29, 0.717) is 23.7 Å². The summed E-state index contributed by atoms with van der Waals surface area (Å²) >= 11 is 12.1. The van der Waals surface area contributed by atoms with Gasteiger partial charge < -0.3 is 14.8 Å². The Balaban J connectivity index is 1.84. The number of halogens is 2. The highest BCUT2D eigenvalue weighted by atomic mass is 35.5. The number of methoxy groups -OCH3 is 1. The second kappa shape index (κ2) is 11.2. The summed E-state index contributed by atoms with van der Waals surface area (Å²) in [6.07, 6.45) is 1.36. The van der Waals surface area contributed by atoms with Crippen molar-refractivity contribution in [2.24, 2.45) is 0 Å². The molecule has 0 spiro atoms. The zero-order valence-electron chi connectivity index (χ0n) is 17.7. The maximum atomic E-state index is 12.7. The predicted octanol–water partition coefficient (Wildman–Crippen LogP) is 6.03. The quantitative estimate of drug-likeness (QED) is 0.175. The van der Waals surface area contributed by atoms with Gasteiger partial charge in [-0.3, -0.25) is 14.9 Å². The number of amides is 1. The molecule has 3 aromatic carbocycles. The number of nitro benzene ring substituents is 1. The lowest BCUT2D eigenvalue weighted by atomic mass is 10.1. The van der Waals surface area contributed by atoms with Crippen molar-refractivity contribution in [2.75, 3.05) is 12.4 Å². The van der Waals surface area contributed by atoms with E-state index < -0.39 is 10.8 Å². The van der Waals surface area contributed by atoms with Gasteiger partial charge in [0.25, 0.3) is 11.6 Å². The van der Waals surface area contributed by atoms with Gasteiger partial charge in [-0.1, -0.05) is 59.6 Å². The Labute approximate surface area is 205 Å². The molecular weight excluding hydrogens is 481 g/mol. The maximum absolute atomic E-state index is 12.7. The summed E-state index contributed by atoms with van der Waals surface area (Å²) in [5.41, 5.74) is 0.854. The zero-order valence-corrected chi connectivity index (χ0v) is 19.3. The van der Waals surface area contributed by atoms with Crippen molar-refractivity contribution in [1.82, 2.24) is 0 Å². The number of carbonyl (C=O) groups excluding carboxylic acids is 1. The van der Waals surface area contributed by atoms with E-state index in [0.717, 1.165) is 17.7 Å². The highest BCUT2D eigenvalue weighted by Crippen LogP contribution is 2.35. The topological polar surface area (TPSA) is 114 Å². The van der Waals surface area contributed by atoms with Crippen LogP contribution < -0.4 is 14.8 Å². The molecular formula is C24H17Cl2N3O5. The number of nitrogens with one attached hydrogen (secondary N) is 1. The lowest BCUT2D eigenvalue weighted by molar-refractivity contribution is -0.384.